The Morgan fingerprint density at radius 2 is 2.20 bits per heavy atom. The lowest BCUT2D eigenvalue weighted by Crippen LogP contribution is -2.29. The van der Waals surface area contributed by atoms with E-state index in [0.29, 0.717) is 6.54 Å². The van der Waals surface area contributed by atoms with E-state index in [-0.39, 0.29) is 12.3 Å². The first-order valence-corrected chi connectivity index (χ1v) is 3.07. The molecule has 2 rings (SSSR count). The number of carbonyl (C=O) groups excluding carboxylic acids is 2. The first-order valence-electron chi connectivity index (χ1n) is 3.07. The molecule has 0 aromatic heterocycles. The summed E-state index contributed by atoms with van der Waals surface area (Å²) in [6.07, 6.45) is 3.48. The highest BCUT2D eigenvalue weighted by atomic mass is 16.2. The van der Waals surface area contributed by atoms with Crippen molar-refractivity contribution in [3.8, 4) is 0 Å². The number of carbonyl (C=O) groups is 2. The summed E-state index contributed by atoms with van der Waals surface area (Å²) in [6, 6.07) is 0. The van der Waals surface area contributed by atoms with Crippen LogP contribution in [0.3, 0.4) is 0 Å². The molecule has 1 saturated heterocycles. The third kappa shape index (κ3) is 0.537. The van der Waals surface area contributed by atoms with Crippen molar-refractivity contribution in [1.82, 2.24) is 10.0 Å². The maximum Gasteiger partial charge on any atom is 0.309 e. The predicted octanol–water partition coefficient (Wildman–Crippen LogP) is -0.858. The summed E-state index contributed by atoms with van der Waals surface area (Å²) < 4.78 is 0. The van der Waals surface area contributed by atoms with Crippen molar-refractivity contribution in [2.45, 2.75) is 0 Å². The van der Waals surface area contributed by atoms with Gasteiger partial charge in [-0.25, -0.2) is 10.0 Å². The summed E-state index contributed by atoms with van der Waals surface area (Å²) in [5.41, 5.74) is 0. The predicted molar refractivity (Wildman–Crippen MR) is 32.6 cm³/mol. The Morgan fingerprint density at radius 1 is 1.40 bits per heavy atom. The van der Waals surface area contributed by atoms with E-state index < -0.39 is 5.91 Å². The molecule has 2 aliphatic heterocycles. The van der Waals surface area contributed by atoms with Gasteiger partial charge in [0.1, 0.15) is 0 Å². The maximum atomic E-state index is 10.9. The number of nitrogens with zero attached hydrogens (tertiary/aromatic N) is 2. The zero-order chi connectivity index (χ0) is 7.14. The van der Waals surface area contributed by atoms with Crippen molar-refractivity contribution in [3.63, 3.8) is 0 Å². The van der Waals surface area contributed by atoms with E-state index in [0.717, 1.165) is 0 Å². The fourth-order valence-corrected chi connectivity index (χ4v) is 1.15. The van der Waals surface area contributed by atoms with Crippen molar-refractivity contribution in [2.24, 2.45) is 0 Å². The van der Waals surface area contributed by atoms with Crippen LogP contribution in [0.5, 0.6) is 0 Å². The molecule has 1 fully saturated rings. The van der Waals surface area contributed by atoms with Gasteiger partial charge in [-0.1, -0.05) is 6.08 Å². The fourth-order valence-electron chi connectivity index (χ4n) is 1.15. The molecule has 0 saturated carbocycles. The molecule has 10 heavy (non-hydrogen) atoms. The average Bonchev–Trinajstić information content (AvgIpc) is 2.41. The van der Waals surface area contributed by atoms with Crippen molar-refractivity contribution in [3.05, 3.63) is 12.3 Å². The Hall–Kier alpha value is -1.16. The molecule has 0 radical (unpaired) electrons. The normalized spacial score (nSPS) is 24.6. The molecule has 2 aliphatic rings. The van der Waals surface area contributed by atoms with Gasteiger partial charge in [0.05, 0.1) is 6.54 Å². The second-order valence-corrected chi connectivity index (χ2v) is 2.30. The number of Topliss-reactive ketones (excluding diaryl/α,β-unsaturated/α-hetero) is 1. The SMILES string of the molecule is O=C1CN2CC=CN2C1=O. The smallest absolute Gasteiger partial charge is 0.287 e. The molecule has 1 amide bonds. The lowest BCUT2D eigenvalue weighted by Gasteiger charge is -2.14. The van der Waals surface area contributed by atoms with Crippen LogP contribution in [0.2, 0.25) is 0 Å². The number of hydrogen-bond donors (Lipinski definition) is 0. The fraction of sp³-hybridized carbons (Fsp3) is 0.333. The Kier molecular flexibility index (Phi) is 0.935. The minimum Gasteiger partial charge on any atom is -0.287 e. The highest BCUT2D eigenvalue weighted by Gasteiger charge is 2.36. The van der Waals surface area contributed by atoms with E-state index in [9.17, 15) is 9.59 Å². The largest absolute Gasteiger partial charge is 0.309 e. The molecular formula is C6H6N2O2. The summed E-state index contributed by atoms with van der Waals surface area (Å²) in [4.78, 5) is 21.6. The lowest BCUT2D eigenvalue weighted by atomic mass is 10.4. The zero-order valence-electron chi connectivity index (χ0n) is 5.28. The topological polar surface area (TPSA) is 40.6 Å². The van der Waals surface area contributed by atoms with Crippen LogP contribution in [0.4, 0.5) is 0 Å². The molecule has 0 N–H and O–H groups in total. The lowest BCUT2D eigenvalue weighted by molar-refractivity contribution is -0.140. The molecule has 2 heterocycles. The zero-order valence-corrected chi connectivity index (χ0v) is 5.28. The van der Waals surface area contributed by atoms with E-state index in [4.69, 9.17) is 0 Å². The van der Waals surface area contributed by atoms with Gasteiger partial charge >= 0.3 is 5.91 Å². The molecular weight excluding hydrogens is 132 g/mol. The quantitative estimate of drug-likeness (QED) is 0.409. The van der Waals surface area contributed by atoms with E-state index in [1.54, 1.807) is 11.2 Å². The number of fused-ring (bicyclic) bond motifs is 1. The second-order valence-electron chi connectivity index (χ2n) is 2.30. The van der Waals surface area contributed by atoms with Crippen LogP contribution in [0.25, 0.3) is 0 Å². The van der Waals surface area contributed by atoms with Crippen LogP contribution in [0.1, 0.15) is 0 Å². The van der Waals surface area contributed by atoms with Gasteiger partial charge in [0.15, 0.2) is 0 Å². The molecule has 4 heteroatoms. The van der Waals surface area contributed by atoms with E-state index in [1.807, 2.05) is 6.08 Å². The van der Waals surface area contributed by atoms with Crippen molar-refractivity contribution in [1.29, 1.82) is 0 Å². The number of ketones is 1. The standard InChI is InChI=1S/C6H6N2O2/c9-5-4-7-2-1-3-8(7)6(5)10/h1,3H,2,4H2. The minimum atomic E-state index is -0.409. The summed E-state index contributed by atoms with van der Waals surface area (Å²) in [5, 5.41) is 3.06. The van der Waals surface area contributed by atoms with Gasteiger partial charge in [-0.15, -0.1) is 0 Å². The molecule has 0 aromatic carbocycles. The molecule has 0 aliphatic carbocycles. The summed E-state index contributed by atoms with van der Waals surface area (Å²) in [7, 11) is 0. The Balaban J connectivity index is 2.31. The summed E-state index contributed by atoms with van der Waals surface area (Å²) in [6.45, 7) is 0.920. The van der Waals surface area contributed by atoms with Gasteiger partial charge in [-0.3, -0.25) is 9.59 Å². The van der Waals surface area contributed by atoms with Crippen LogP contribution < -0.4 is 0 Å². The number of amides is 1. The van der Waals surface area contributed by atoms with E-state index in [2.05, 4.69) is 0 Å². The number of hydrazine groups is 1. The van der Waals surface area contributed by atoms with Crippen LogP contribution in [-0.2, 0) is 9.59 Å². The van der Waals surface area contributed by atoms with Gasteiger partial charge in [-0.05, 0) is 0 Å². The van der Waals surface area contributed by atoms with Gasteiger partial charge < -0.3 is 0 Å². The third-order valence-corrected chi connectivity index (χ3v) is 1.64. The van der Waals surface area contributed by atoms with Gasteiger partial charge in [0, 0.05) is 12.7 Å². The van der Waals surface area contributed by atoms with Crippen LogP contribution in [0.15, 0.2) is 12.3 Å². The molecule has 52 valence electrons. The highest BCUT2D eigenvalue weighted by molar-refractivity contribution is 6.38. The van der Waals surface area contributed by atoms with Crippen molar-refractivity contribution in [2.75, 3.05) is 13.1 Å². The maximum absolute atomic E-state index is 10.9. The molecule has 0 unspecified atom stereocenters. The monoisotopic (exact) mass is 138 g/mol. The van der Waals surface area contributed by atoms with Gasteiger partial charge in [-0.2, -0.15) is 0 Å². The van der Waals surface area contributed by atoms with E-state index >= 15 is 0 Å². The van der Waals surface area contributed by atoms with Crippen LogP contribution in [0, 0.1) is 0 Å². The third-order valence-electron chi connectivity index (χ3n) is 1.64. The van der Waals surface area contributed by atoms with Crippen molar-refractivity contribution >= 4 is 11.7 Å². The summed E-state index contributed by atoms with van der Waals surface area (Å²) in [5.74, 6) is -0.724. The Bertz CT molecular complexity index is 234. The molecule has 4 nitrogen and oxygen atoms in total. The highest BCUT2D eigenvalue weighted by Crippen LogP contribution is 2.14. The average molecular weight is 138 g/mol. The first-order chi connectivity index (χ1) is 4.79. The Labute approximate surface area is 57.7 Å². The van der Waals surface area contributed by atoms with E-state index in [1.165, 1.54) is 5.01 Å². The van der Waals surface area contributed by atoms with Gasteiger partial charge in [0.2, 0.25) is 5.78 Å². The Morgan fingerprint density at radius 3 is 2.90 bits per heavy atom. The number of hydrogen-bond acceptors (Lipinski definition) is 3. The van der Waals surface area contributed by atoms with Crippen LogP contribution >= 0.6 is 0 Å². The summed E-state index contributed by atoms with van der Waals surface area (Å²) >= 11 is 0. The van der Waals surface area contributed by atoms with Crippen molar-refractivity contribution < 1.29 is 9.59 Å². The first kappa shape index (κ1) is 5.61. The van der Waals surface area contributed by atoms with Crippen LogP contribution in [-0.4, -0.2) is 34.8 Å². The minimum absolute atomic E-state index is 0.242. The molecule has 0 aromatic rings. The molecule has 0 atom stereocenters. The molecule has 0 spiro atoms. The second kappa shape index (κ2) is 1.67. The molecule has 0 bridgehead atoms. The van der Waals surface area contributed by atoms with Gasteiger partial charge in [0.25, 0.3) is 0 Å². The number of rotatable bonds is 0.